The summed E-state index contributed by atoms with van der Waals surface area (Å²) in [5, 5.41) is 17.9. The van der Waals surface area contributed by atoms with Crippen molar-refractivity contribution in [1.82, 2.24) is 15.1 Å². The number of amides is 1. The third-order valence-electron chi connectivity index (χ3n) is 4.47. The molecule has 29 heavy (non-hydrogen) atoms. The second kappa shape index (κ2) is 7.66. The minimum Gasteiger partial charge on any atom is -0.332 e. The van der Waals surface area contributed by atoms with Gasteiger partial charge in [0.05, 0.1) is 27.4 Å². The maximum Gasteiger partial charge on any atom is 0.262 e. The lowest BCUT2D eigenvalue weighted by Crippen LogP contribution is -2.27. The number of para-hydroxylation sites is 1. The minimum absolute atomic E-state index is 0.128. The van der Waals surface area contributed by atoms with Gasteiger partial charge in [-0.25, -0.2) is 9.07 Å². The molecule has 0 fully saturated rings. The fourth-order valence-electron chi connectivity index (χ4n) is 3.04. The fourth-order valence-corrected chi connectivity index (χ4v) is 4.33. The minimum atomic E-state index is -1.09. The molecule has 0 aliphatic rings. The smallest absolute Gasteiger partial charge is 0.262 e. The van der Waals surface area contributed by atoms with Crippen LogP contribution < -0.4 is 5.32 Å². The van der Waals surface area contributed by atoms with Crippen molar-refractivity contribution in [1.29, 1.82) is 5.26 Å². The van der Waals surface area contributed by atoms with E-state index in [1.54, 1.807) is 22.9 Å². The van der Waals surface area contributed by atoms with Crippen molar-refractivity contribution in [2.24, 2.45) is 0 Å². The molecule has 0 saturated heterocycles. The van der Waals surface area contributed by atoms with Crippen LogP contribution in [0.25, 0.3) is 15.9 Å². The van der Waals surface area contributed by atoms with E-state index in [-0.39, 0.29) is 5.56 Å². The van der Waals surface area contributed by atoms with Gasteiger partial charge in [0, 0.05) is 10.9 Å². The molecule has 0 saturated carbocycles. The van der Waals surface area contributed by atoms with Crippen molar-refractivity contribution in [2.75, 3.05) is 0 Å². The molecule has 0 spiro atoms. The Morgan fingerprint density at radius 2 is 2.00 bits per heavy atom. The van der Waals surface area contributed by atoms with Gasteiger partial charge in [-0.15, -0.1) is 11.3 Å². The predicted octanol–water partition coefficient (Wildman–Crippen LogP) is 5.18. The van der Waals surface area contributed by atoms with Crippen molar-refractivity contribution >= 4 is 39.1 Å². The van der Waals surface area contributed by atoms with Gasteiger partial charge in [-0.3, -0.25) is 4.79 Å². The van der Waals surface area contributed by atoms with Gasteiger partial charge in [0.15, 0.2) is 0 Å². The van der Waals surface area contributed by atoms with Crippen molar-refractivity contribution in [3.63, 3.8) is 0 Å². The Bertz CT molecular complexity index is 1270. The Morgan fingerprint density at radius 3 is 2.72 bits per heavy atom. The zero-order chi connectivity index (χ0) is 20.5. The second-order valence-corrected chi connectivity index (χ2v) is 7.77. The Balaban J connectivity index is 1.69. The molecule has 4 rings (SSSR count). The molecule has 0 radical (unpaired) electrons. The van der Waals surface area contributed by atoms with Crippen LogP contribution in [0.15, 0.2) is 54.6 Å². The summed E-state index contributed by atoms with van der Waals surface area (Å²) in [5.74, 6) is -0.994. The number of fused-ring (bicyclic) bond motifs is 1. The van der Waals surface area contributed by atoms with Crippen LogP contribution in [0.3, 0.4) is 0 Å². The van der Waals surface area contributed by atoms with E-state index in [4.69, 9.17) is 11.6 Å². The Labute approximate surface area is 175 Å². The lowest BCUT2D eigenvalue weighted by molar-refractivity contribution is 0.0949. The lowest BCUT2D eigenvalue weighted by atomic mass is 10.1. The highest BCUT2D eigenvalue weighted by molar-refractivity contribution is 7.20. The van der Waals surface area contributed by atoms with E-state index < -0.39 is 17.8 Å². The van der Waals surface area contributed by atoms with E-state index in [9.17, 15) is 14.4 Å². The van der Waals surface area contributed by atoms with Gasteiger partial charge in [0.25, 0.3) is 5.91 Å². The number of carbonyl (C=O) groups excluding carboxylic acids is 1. The van der Waals surface area contributed by atoms with E-state index >= 15 is 0 Å². The number of halogens is 2. The number of nitrogens with zero attached hydrogens (tertiary/aromatic N) is 3. The molecule has 2 heterocycles. The van der Waals surface area contributed by atoms with Crippen LogP contribution >= 0.6 is 22.9 Å². The van der Waals surface area contributed by atoms with E-state index in [0.717, 1.165) is 15.9 Å². The standard InChI is InChI=1S/C21H14ClFN4OS/c1-12-14-10-19(20(28)25-17(11-24)13-6-2-4-8-16(13)23)29-21(14)27(26-12)18-9-5-3-7-15(18)22/h2-10,17H,1H3,(H,25,28). The summed E-state index contributed by atoms with van der Waals surface area (Å²) in [4.78, 5) is 13.9. The molecule has 4 aromatic rings. The summed E-state index contributed by atoms with van der Waals surface area (Å²) in [6.07, 6.45) is 0. The molecule has 1 N–H and O–H groups in total. The Hall–Kier alpha value is -3.21. The van der Waals surface area contributed by atoms with Gasteiger partial charge >= 0.3 is 0 Å². The van der Waals surface area contributed by atoms with E-state index in [2.05, 4.69) is 10.4 Å². The van der Waals surface area contributed by atoms with Crippen molar-refractivity contribution in [3.8, 4) is 11.8 Å². The van der Waals surface area contributed by atoms with Gasteiger partial charge in [-0.1, -0.05) is 41.9 Å². The van der Waals surface area contributed by atoms with Gasteiger partial charge in [-0.05, 0) is 31.2 Å². The van der Waals surface area contributed by atoms with Gasteiger partial charge in [0.1, 0.15) is 16.7 Å². The van der Waals surface area contributed by atoms with Crippen LogP contribution in [0, 0.1) is 24.1 Å². The molecule has 1 unspecified atom stereocenters. The number of hydrogen-bond donors (Lipinski definition) is 1. The van der Waals surface area contributed by atoms with Crippen molar-refractivity contribution < 1.29 is 9.18 Å². The molecule has 0 aliphatic heterocycles. The van der Waals surface area contributed by atoms with Crippen molar-refractivity contribution in [2.45, 2.75) is 13.0 Å². The topological polar surface area (TPSA) is 70.7 Å². The van der Waals surface area contributed by atoms with Crippen LogP contribution in [0.1, 0.15) is 27.0 Å². The molecule has 0 bridgehead atoms. The van der Waals surface area contributed by atoms with Crippen LogP contribution in [0.2, 0.25) is 5.02 Å². The first-order valence-electron chi connectivity index (χ1n) is 8.68. The van der Waals surface area contributed by atoms with Crippen LogP contribution in [-0.4, -0.2) is 15.7 Å². The molecule has 1 atom stereocenters. The number of rotatable bonds is 4. The molecule has 0 aliphatic carbocycles. The Kier molecular flexibility index (Phi) is 5.05. The molecular weight excluding hydrogens is 411 g/mol. The average Bonchev–Trinajstić information content (AvgIpc) is 3.28. The molecule has 8 heteroatoms. The first-order chi connectivity index (χ1) is 14.0. The maximum absolute atomic E-state index is 14.0. The zero-order valence-electron chi connectivity index (χ0n) is 15.2. The molecule has 2 aromatic carbocycles. The summed E-state index contributed by atoms with van der Waals surface area (Å²) in [6.45, 7) is 1.85. The number of nitriles is 1. The number of thiophene rings is 1. The van der Waals surface area contributed by atoms with E-state index in [1.165, 1.54) is 29.5 Å². The quantitative estimate of drug-likeness (QED) is 0.490. The highest BCUT2D eigenvalue weighted by atomic mass is 35.5. The monoisotopic (exact) mass is 424 g/mol. The van der Waals surface area contributed by atoms with Crippen LogP contribution in [0.4, 0.5) is 4.39 Å². The Morgan fingerprint density at radius 1 is 1.28 bits per heavy atom. The normalized spacial score (nSPS) is 11.9. The van der Waals surface area contributed by atoms with Gasteiger partial charge in [0.2, 0.25) is 0 Å². The third-order valence-corrected chi connectivity index (χ3v) is 5.90. The van der Waals surface area contributed by atoms with Gasteiger partial charge in [-0.2, -0.15) is 10.4 Å². The molecule has 5 nitrogen and oxygen atoms in total. The summed E-state index contributed by atoms with van der Waals surface area (Å²) >= 11 is 7.54. The number of benzene rings is 2. The summed E-state index contributed by atoms with van der Waals surface area (Å²) in [5.41, 5.74) is 1.59. The zero-order valence-corrected chi connectivity index (χ0v) is 16.8. The number of aryl methyl sites for hydroxylation is 1. The molecule has 144 valence electrons. The average molecular weight is 425 g/mol. The maximum atomic E-state index is 14.0. The highest BCUT2D eigenvalue weighted by Crippen LogP contribution is 2.32. The first-order valence-corrected chi connectivity index (χ1v) is 9.88. The predicted molar refractivity (Wildman–Crippen MR) is 111 cm³/mol. The largest absolute Gasteiger partial charge is 0.332 e. The lowest BCUT2D eigenvalue weighted by Gasteiger charge is -2.11. The van der Waals surface area contributed by atoms with E-state index in [1.807, 2.05) is 31.2 Å². The number of carbonyl (C=O) groups is 1. The molecule has 2 aromatic heterocycles. The number of hydrogen-bond acceptors (Lipinski definition) is 4. The third kappa shape index (κ3) is 3.48. The summed E-state index contributed by atoms with van der Waals surface area (Å²) in [7, 11) is 0. The van der Waals surface area contributed by atoms with Crippen LogP contribution in [0.5, 0.6) is 0 Å². The van der Waals surface area contributed by atoms with Crippen LogP contribution in [-0.2, 0) is 0 Å². The van der Waals surface area contributed by atoms with E-state index in [0.29, 0.717) is 15.6 Å². The van der Waals surface area contributed by atoms with Crippen molar-refractivity contribution in [3.05, 3.63) is 81.6 Å². The summed E-state index contributed by atoms with van der Waals surface area (Å²) in [6, 6.07) is 15.8. The molecule has 1 amide bonds. The number of nitrogens with one attached hydrogen (secondary N) is 1. The SMILES string of the molecule is Cc1nn(-c2ccccc2Cl)c2sc(C(=O)NC(C#N)c3ccccc3F)cc12. The second-order valence-electron chi connectivity index (χ2n) is 6.34. The fraction of sp³-hybridized carbons (Fsp3) is 0.0952. The molecular formula is C21H14ClFN4OS. The number of aromatic nitrogens is 2. The first kappa shape index (κ1) is 19.1. The van der Waals surface area contributed by atoms with Gasteiger partial charge < -0.3 is 5.32 Å². The highest BCUT2D eigenvalue weighted by Gasteiger charge is 2.22. The summed E-state index contributed by atoms with van der Waals surface area (Å²) < 4.78 is 15.7.